The molecule has 0 aromatic heterocycles. The van der Waals surface area contributed by atoms with E-state index in [4.69, 9.17) is 0 Å². The molecule has 0 radical (unpaired) electrons. The van der Waals surface area contributed by atoms with Gasteiger partial charge in [-0.1, -0.05) is 0 Å². The molecule has 23 heteroatoms. The second kappa shape index (κ2) is 8.57. The van der Waals surface area contributed by atoms with Crippen LogP contribution in [0.15, 0.2) is 0 Å². The molecule has 0 amide bonds. The number of rotatable bonds is 11. The van der Waals surface area contributed by atoms with Crippen molar-refractivity contribution < 1.29 is 96.4 Å². The van der Waals surface area contributed by atoms with E-state index in [0.717, 1.165) is 0 Å². The number of hydrogen-bond donors (Lipinski definition) is 0. The number of halogens is 19. The standard InChI is InChI=1S/C12H7F19O3S/c13-4(14,2-1-3-5(15,16)17)6(18,19)7(20,21)8(22,23)9(24,25)10(26,27)11(28,29)12(30,31)35(32,33)34/h1-3H2,(H,32,33,34)/p-1. The zero-order valence-corrected chi connectivity index (χ0v) is 16.3. The summed E-state index contributed by atoms with van der Waals surface area (Å²) in [7, 11) is -8.20. The molecule has 0 rings (SSSR count). The van der Waals surface area contributed by atoms with Gasteiger partial charge in [-0.15, -0.1) is 0 Å². The van der Waals surface area contributed by atoms with Crippen LogP contribution in [0.4, 0.5) is 83.4 Å². The van der Waals surface area contributed by atoms with Crippen LogP contribution >= 0.6 is 0 Å². The van der Waals surface area contributed by atoms with Crippen molar-refractivity contribution in [2.75, 3.05) is 0 Å². The summed E-state index contributed by atoms with van der Waals surface area (Å²) in [5.41, 5.74) is 0. The molecular weight excluding hydrogens is 585 g/mol. The minimum atomic E-state index is -8.95. The van der Waals surface area contributed by atoms with Gasteiger partial charge in [0.1, 0.15) is 0 Å². The predicted molar refractivity (Wildman–Crippen MR) is 69.2 cm³/mol. The highest BCUT2D eigenvalue weighted by atomic mass is 32.2. The quantitative estimate of drug-likeness (QED) is 0.209. The highest BCUT2D eigenvalue weighted by Crippen LogP contribution is 2.64. The van der Waals surface area contributed by atoms with Crippen molar-refractivity contribution in [3.8, 4) is 0 Å². The van der Waals surface area contributed by atoms with Crippen LogP contribution < -0.4 is 0 Å². The molecule has 0 unspecified atom stereocenters. The molecule has 35 heavy (non-hydrogen) atoms. The molecule has 0 saturated heterocycles. The van der Waals surface area contributed by atoms with E-state index in [1.165, 1.54) is 0 Å². The van der Waals surface area contributed by atoms with Gasteiger partial charge in [0.25, 0.3) is 0 Å². The van der Waals surface area contributed by atoms with Crippen LogP contribution in [0.5, 0.6) is 0 Å². The Labute approximate surface area is 180 Å². The predicted octanol–water partition coefficient (Wildman–Crippen LogP) is 6.30. The second-order valence-corrected chi connectivity index (χ2v) is 8.01. The maximum Gasteiger partial charge on any atom is 0.402 e. The summed E-state index contributed by atoms with van der Waals surface area (Å²) in [4.78, 5) is 0. The molecule has 0 aliphatic carbocycles. The Hall–Kier alpha value is -1.42. The largest absolute Gasteiger partial charge is 0.743 e. The lowest BCUT2D eigenvalue weighted by Gasteiger charge is -2.43. The van der Waals surface area contributed by atoms with E-state index < -0.39 is 82.3 Å². The summed E-state index contributed by atoms with van der Waals surface area (Å²) >= 11 is 0. The van der Waals surface area contributed by atoms with Crippen LogP contribution in [0, 0.1) is 0 Å². The fraction of sp³-hybridized carbons (Fsp3) is 1.00. The molecule has 0 aromatic carbocycles. The smallest absolute Gasteiger partial charge is 0.402 e. The zero-order valence-electron chi connectivity index (χ0n) is 15.4. The molecular formula is C12H6F19O3S-. The van der Waals surface area contributed by atoms with Gasteiger partial charge in [-0.05, 0) is 6.42 Å². The minimum Gasteiger partial charge on any atom is -0.743 e. The Kier molecular flexibility index (Phi) is 8.22. The third-order valence-corrected chi connectivity index (χ3v) is 4.95. The van der Waals surface area contributed by atoms with Crippen LogP contribution in [0.2, 0.25) is 0 Å². The van der Waals surface area contributed by atoms with Crippen molar-refractivity contribution >= 4 is 10.1 Å². The van der Waals surface area contributed by atoms with Crippen molar-refractivity contribution in [3.63, 3.8) is 0 Å². The monoisotopic (exact) mass is 591 g/mol. The van der Waals surface area contributed by atoms with Crippen LogP contribution in [-0.4, -0.2) is 65.9 Å². The Morgan fingerprint density at radius 1 is 0.457 bits per heavy atom. The second-order valence-electron chi connectivity index (χ2n) is 6.59. The molecule has 0 saturated carbocycles. The van der Waals surface area contributed by atoms with Crippen LogP contribution in [0.1, 0.15) is 19.3 Å². The summed E-state index contributed by atoms with van der Waals surface area (Å²) < 4.78 is 278. The topological polar surface area (TPSA) is 57.2 Å². The van der Waals surface area contributed by atoms with E-state index in [0.29, 0.717) is 0 Å². The van der Waals surface area contributed by atoms with Gasteiger partial charge in [0.15, 0.2) is 10.1 Å². The Morgan fingerprint density at radius 3 is 1.03 bits per heavy atom. The zero-order chi connectivity index (χ0) is 29.1. The SMILES string of the molecule is O=S(=O)([O-])C(F)(F)C(F)(F)C(F)(F)C(F)(F)C(F)(F)C(F)(F)C(F)(F)C(F)(F)CCCC(F)(F)F. The first-order valence-electron chi connectivity index (χ1n) is 7.75. The van der Waals surface area contributed by atoms with Gasteiger partial charge < -0.3 is 4.55 Å². The van der Waals surface area contributed by atoms with Gasteiger partial charge in [0.2, 0.25) is 0 Å². The Morgan fingerprint density at radius 2 is 0.743 bits per heavy atom. The van der Waals surface area contributed by atoms with Crippen LogP contribution in [-0.2, 0) is 10.1 Å². The molecule has 0 heterocycles. The summed E-state index contributed by atoms with van der Waals surface area (Å²) in [6.45, 7) is 0. The summed E-state index contributed by atoms with van der Waals surface area (Å²) in [6.07, 6.45) is -13.4. The van der Waals surface area contributed by atoms with E-state index in [-0.39, 0.29) is 0 Å². The lowest BCUT2D eigenvalue weighted by atomic mass is 9.88. The van der Waals surface area contributed by atoms with Crippen molar-refractivity contribution in [1.29, 1.82) is 0 Å². The van der Waals surface area contributed by atoms with E-state index in [9.17, 15) is 96.4 Å². The molecule has 0 spiro atoms. The van der Waals surface area contributed by atoms with E-state index in [1.54, 1.807) is 0 Å². The third-order valence-electron chi connectivity index (χ3n) is 4.06. The first-order chi connectivity index (χ1) is 14.7. The highest BCUT2D eigenvalue weighted by molar-refractivity contribution is 7.86. The van der Waals surface area contributed by atoms with Crippen molar-refractivity contribution in [3.05, 3.63) is 0 Å². The lowest BCUT2D eigenvalue weighted by molar-refractivity contribution is -0.449. The fourth-order valence-electron chi connectivity index (χ4n) is 2.03. The van der Waals surface area contributed by atoms with E-state index in [1.807, 2.05) is 0 Å². The van der Waals surface area contributed by atoms with Crippen LogP contribution in [0.3, 0.4) is 0 Å². The molecule has 0 aliphatic rings. The Balaban J connectivity index is 6.69. The number of alkyl halides is 19. The fourth-order valence-corrected chi connectivity index (χ4v) is 2.47. The lowest BCUT2D eigenvalue weighted by Crippen LogP contribution is -2.75. The summed E-state index contributed by atoms with van der Waals surface area (Å²) in [6, 6.07) is 0. The third kappa shape index (κ3) is 4.93. The average molecular weight is 591 g/mol. The molecule has 212 valence electrons. The van der Waals surface area contributed by atoms with E-state index >= 15 is 0 Å². The van der Waals surface area contributed by atoms with Gasteiger partial charge in [-0.3, -0.25) is 0 Å². The van der Waals surface area contributed by atoms with Crippen molar-refractivity contribution in [2.24, 2.45) is 0 Å². The van der Waals surface area contributed by atoms with Crippen molar-refractivity contribution in [2.45, 2.75) is 72.2 Å². The first-order valence-corrected chi connectivity index (χ1v) is 9.16. The van der Waals surface area contributed by atoms with Gasteiger partial charge in [0, 0.05) is 12.8 Å². The maximum atomic E-state index is 13.5. The molecule has 0 atom stereocenters. The molecule has 0 N–H and O–H groups in total. The van der Waals surface area contributed by atoms with Gasteiger partial charge in [0.05, 0.1) is 0 Å². The van der Waals surface area contributed by atoms with Crippen molar-refractivity contribution in [1.82, 2.24) is 0 Å². The number of hydrogen-bond acceptors (Lipinski definition) is 3. The molecule has 0 bridgehead atoms. The van der Waals surface area contributed by atoms with Gasteiger partial charge in [-0.2, -0.15) is 83.4 Å². The molecule has 0 aliphatic heterocycles. The molecule has 0 fully saturated rings. The highest BCUT2D eigenvalue weighted by Gasteiger charge is 2.95. The Bertz CT molecular complexity index is 872. The average Bonchev–Trinajstić information content (AvgIpc) is 2.58. The molecule has 3 nitrogen and oxygen atoms in total. The van der Waals surface area contributed by atoms with Gasteiger partial charge in [-0.25, -0.2) is 8.42 Å². The normalized spacial score (nSPS) is 16.6. The minimum absolute atomic E-state index is 2.29. The summed E-state index contributed by atoms with van der Waals surface area (Å²) in [5, 5.41) is -8.00. The van der Waals surface area contributed by atoms with E-state index in [2.05, 4.69) is 0 Å². The van der Waals surface area contributed by atoms with Gasteiger partial charge >= 0.3 is 52.9 Å². The van der Waals surface area contributed by atoms with Crippen LogP contribution in [0.25, 0.3) is 0 Å². The summed E-state index contributed by atoms with van der Waals surface area (Å²) in [5.74, 6) is -58.8. The first kappa shape index (κ1) is 33.6. The molecule has 0 aromatic rings. The maximum absolute atomic E-state index is 13.5.